The van der Waals surface area contributed by atoms with Crippen LogP contribution in [-0.2, 0) is 6.42 Å². The van der Waals surface area contributed by atoms with Gasteiger partial charge in [-0.05, 0) is 65.6 Å². The highest BCUT2D eigenvalue weighted by Gasteiger charge is 2.21. The lowest BCUT2D eigenvalue weighted by atomic mass is 9.81. The van der Waals surface area contributed by atoms with Crippen molar-refractivity contribution in [2.45, 2.75) is 58.4 Å². The SMILES string of the molecule is CC(C)CC1CCCC(NCCc2ccc(Br)s2)C1. The summed E-state index contributed by atoms with van der Waals surface area (Å²) in [5, 5.41) is 3.77. The van der Waals surface area contributed by atoms with E-state index in [2.05, 4.69) is 47.2 Å². The quantitative estimate of drug-likeness (QED) is 0.743. The molecule has 0 aliphatic heterocycles. The second-order valence-corrected chi connectivity index (χ2v) is 8.82. The Morgan fingerprint density at radius 2 is 2.21 bits per heavy atom. The molecule has 1 nitrogen and oxygen atoms in total. The van der Waals surface area contributed by atoms with Gasteiger partial charge in [-0.25, -0.2) is 0 Å². The van der Waals surface area contributed by atoms with E-state index in [1.807, 2.05) is 11.3 Å². The highest BCUT2D eigenvalue weighted by molar-refractivity contribution is 9.11. The van der Waals surface area contributed by atoms with Crippen molar-refractivity contribution >= 4 is 27.3 Å². The van der Waals surface area contributed by atoms with E-state index in [9.17, 15) is 0 Å². The Kier molecular flexibility index (Phi) is 6.37. The lowest BCUT2D eigenvalue weighted by Crippen LogP contribution is -2.35. The Morgan fingerprint density at radius 3 is 2.89 bits per heavy atom. The summed E-state index contributed by atoms with van der Waals surface area (Å²) in [4.78, 5) is 1.48. The second-order valence-electron chi connectivity index (χ2n) is 6.27. The number of thiophene rings is 1. The third-order valence-electron chi connectivity index (χ3n) is 4.02. The zero-order valence-electron chi connectivity index (χ0n) is 12.1. The minimum Gasteiger partial charge on any atom is -0.314 e. The van der Waals surface area contributed by atoms with E-state index >= 15 is 0 Å². The standard InChI is InChI=1S/C16H26BrNS/c1-12(2)10-13-4-3-5-14(11-13)18-9-8-15-6-7-16(17)19-15/h6-7,12-14,18H,3-5,8-11H2,1-2H3. The Labute approximate surface area is 130 Å². The van der Waals surface area contributed by atoms with Gasteiger partial charge in [-0.1, -0.05) is 26.7 Å². The van der Waals surface area contributed by atoms with Crippen molar-refractivity contribution in [2.75, 3.05) is 6.54 Å². The Balaban J connectivity index is 1.67. The summed E-state index contributed by atoms with van der Waals surface area (Å²) < 4.78 is 1.25. The van der Waals surface area contributed by atoms with Crippen LogP contribution in [0.2, 0.25) is 0 Å². The molecule has 2 atom stereocenters. The van der Waals surface area contributed by atoms with Crippen LogP contribution in [-0.4, -0.2) is 12.6 Å². The summed E-state index contributed by atoms with van der Waals surface area (Å²) in [6.45, 7) is 5.84. The van der Waals surface area contributed by atoms with Crippen molar-refractivity contribution in [1.82, 2.24) is 5.32 Å². The zero-order chi connectivity index (χ0) is 13.7. The molecule has 1 N–H and O–H groups in total. The van der Waals surface area contributed by atoms with Crippen molar-refractivity contribution in [3.05, 3.63) is 20.8 Å². The molecule has 0 spiro atoms. The maximum absolute atomic E-state index is 3.77. The molecule has 108 valence electrons. The molecule has 1 fully saturated rings. The summed E-state index contributed by atoms with van der Waals surface area (Å²) >= 11 is 5.39. The smallest absolute Gasteiger partial charge is 0.0701 e. The number of hydrogen-bond acceptors (Lipinski definition) is 2. The largest absolute Gasteiger partial charge is 0.314 e. The van der Waals surface area contributed by atoms with Gasteiger partial charge < -0.3 is 5.32 Å². The average molecular weight is 344 g/mol. The molecule has 19 heavy (non-hydrogen) atoms. The van der Waals surface area contributed by atoms with Crippen LogP contribution in [0.25, 0.3) is 0 Å². The van der Waals surface area contributed by atoms with E-state index in [0.717, 1.165) is 24.4 Å². The molecular formula is C16H26BrNS. The molecule has 2 rings (SSSR count). The highest BCUT2D eigenvalue weighted by atomic mass is 79.9. The molecule has 1 aliphatic rings. The molecule has 0 aromatic carbocycles. The van der Waals surface area contributed by atoms with Gasteiger partial charge in [0, 0.05) is 17.5 Å². The molecule has 1 aliphatic carbocycles. The Morgan fingerprint density at radius 1 is 1.37 bits per heavy atom. The molecule has 3 heteroatoms. The van der Waals surface area contributed by atoms with Crippen LogP contribution >= 0.6 is 27.3 Å². The van der Waals surface area contributed by atoms with E-state index in [1.54, 1.807) is 0 Å². The highest BCUT2D eigenvalue weighted by Crippen LogP contribution is 2.29. The van der Waals surface area contributed by atoms with Crippen LogP contribution in [0.15, 0.2) is 15.9 Å². The first-order valence-corrected chi connectivity index (χ1v) is 9.22. The molecule has 0 radical (unpaired) electrons. The van der Waals surface area contributed by atoms with E-state index < -0.39 is 0 Å². The molecule has 0 bridgehead atoms. The summed E-state index contributed by atoms with van der Waals surface area (Å²) in [5.74, 6) is 1.81. The molecule has 2 unspecified atom stereocenters. The van der Waals surface area contributed by atoms with Gasteiger partial charge in [0.05, 0.1) is 3.79 Å². The fourth-order valence-electron chi connectivity index (χ4n) is 3.24. The number of nitrogens with one attached hydrogen (secondary N) is 1. The first-order chi connectivity index (χ1) is 9.13. The minimum absolute atomic E-state index is 0.765. The fraction of sp³-hybridized carbons (Fsp3) is 0.750. The van der Waals surface area contributed by atoms with E-state index in [0.29, 0.717) is 0 Å². The van der Waals surface area contributed by atoms with Gasteiger partial charge in [-0.3, -0.25) is 0 Å². The first-order valence-electron chi connectivity index (χ1n) is 7.61. The van der Waals surface area contributed by atoms with Crippen molar-refractivity contribution in [2.24, 2.45) is 11.8 Å². The van der Waals surface area contributed by atoms with Gasteiger partial charge in [-0.15, -0.1) is 11.3 Å². The van der Waals surface area contributed by atoms with Crippen molar-refractivity contribution < 1.29 is 0 Å². The zero-order valence-corrected chi connectivity index (χ0v) is 14.5. The summed E-state index contributed by atoms with van der Waals surface area (Å²) in [6.07, 6.45) is 8.22. The van der Waals surface area contributed by atoms with Gasteiger partial charge in [0.1, 0.15) is 0 Å². The van der Waals surface area contributed by atoms with Gasteiger partial charge in [-0.2, -0.15) is 0 Å². The number of rotatable bonds is 6. The Bertz CT molecular complexity index is 375. The second kappa shape index (κ2) is 7.80. The van der Waals surface area contributed by atoms with E-state index in [-0.39, 0.29) is 0 Å². The Hall–Kier alpha value is 0.140. The van der Waals surface area contributed by atoms with Crippen molar-refractivity contribution in [1.29, 1.82) is 0 Å². The monoisotopic (exact) mass is 343 g/mol. The topological polar surface area (TPSA) is 12.0 Å². The number of halogens is 1. The van der Waals surface area contributed by atoms with Gasteiger partial charge in [0.25, 0.3) is 0 Å². The summed E-state index contributed by atoms with van der Waals surface area (Å²) in [7, 11) is 0. The van der Waals surface area contributed by atoms with Crippen LogP contribution in [0.5, 0.6) is 0 Å². The van der Waals surface area contributed by atoms with Crippen molar-refractivity contribution in [3.8, 4) is 0 Å². The number of hydrogen-bond donors (Lipinski definition) is 1. The predicted molar refractivity (Wildman–Crippen MR) is 88.9 cm³/mol. The first kappa shape index (κ1) is 15.5. The van der Waals surface area contributed by atoms with Gasteiger partial charge in [0.15, 0.2) is 0 Å². The summed E-state index contributed by atoms with van der Waals surface area (Å²) in [6, 6.07) is 5.15. The van der Waals surface area contributed by atoms with E-state index in [1.165, 1.54) is 47.2 Å². The lowest BCUT2D eigenvalue weighted by molar-refractivity contribution is 0.254. The minimum atomic E-state index is 0.765. The van der Waals surface area contributed by atoms with Crippen LogP contribution < -0.4 is 5.32 Å². The normalized spacial score (nSPS) is 24.0. The fourth-order valence-corrected chi connectivity index (χ4v) is 4.73. The maximum Gasteiger partial charge on any atom is 0.0701 e. The molecule has 1 aromatic heterocycles. The average Bonchev–Trinajstić information content (AvgIpc) is 2.75. The molecule has 0 amide bonds. The van der Waals surface area contributed by atoms with Crippen LogP contribution in [0.1, 0.15) is 50.8 Å². The third-order valence-corrected chi connectivity index (χ3v) is 5.70. The maximum atomic E-state index is 3.77. The lowest BCUT2D eigenvalue weighted by Gasteiger charge is -2.30. The van der Waals surface area contributed by atoms with Crippen molar-refractivity contribution in [3.63, 3.8) is 0 Å². The molecule has 1 aromatic rings. The molecule has 1 saturated carbocycles. The summed E-state index contributed by atoms with van der Waals surface area (Å²) in [5.41, 5.74) is 0. The molecular weight excluding hydrogens is 318 g/mol. The van der Waals surface area contributed by atoms with Crippen LogP contribution in [0.4, 0.5) is 0 Å². The third kappa shape index (κ3) is 5.57. The van der Waals surface area contributed by atoms with E-state index in [4.69, 9.17) is 0 Å². The molecule has 0 saturated heterocycles. The van der Waals surface area contributed by atoms with Crippen LogP contribution in [0, 0.1) is 11.8 Å². The predicted octanol–water partition coefficient (Wildman–Crippen LogP) is 5.25. The van der Waals surface area contributed by atoms with Crippen LogP contribution in [0.3, 0.4) is 0 Å². The molecule has 1 heterocycles. The van der Waals surface area contributed by atoms with Gasteiger partial charge in [0.2, 0.25) is 0 Å². The van der Waals surface area contributed by atoms with Gasteiger partial charge >= 0.3 is 0 Å².